The predicted octanol–water partition coefficient (Wildman–Crippen LogP) is 1.54. The zero-order valence-electron chi connectivity index (χ0n) is 13.7. The minimum absolute atomic E-state index is 0.0236. The van der Waals surface area contributed by atoms with Crippen LogP contribution in [-0.4, -0.2) is 45.5 Å². The molecule has 0 heterocycles. The summed E-state index contributed by atoms with van der Waals surface area (Å²) in [5.41, 5.74) is 0.828. The van der Waals surface area contributed by atoms with Gasteiger partial charge in [0, 0.05) is 26.1 Å². The Hall–Kier alpha value is -1.60. The Balaban J connectivity index is 2.85. The molecule has 0 atom stereocenters. The Bertz CT molecular complexity index is 626. The minimum Gasteiger partial charge on any atom is -0.495 e. The summed E-state index contributed by atoms with van der Waals surface area (Å²) >= 11 is 0. The van der Waals surface area contributed by atoms with E-state index in [4.69, 9.17) is 4.74 Å². The molecule has 6 nitrogen and oxygen atoms in total. The fourth-order valence-corrected chi connectivity index (χ4v) is 3.42. The van der Waals surface area contributed by atoms with Crippen LogP contribution < -0.4 is 9.46 Å². The van der Waals surface area contributed by atoms with Crippen molar-refractivity contribution in [1.82, 2.24) is 9.62 Å². The van der Waals surface area contributed by atoms with Crippen molar-refractivity contribution in [2.75, 3.05) is 20.2 Å². The highest BCUT2D eigenvalue weighted by Crippen LogP contribution is 2.24. The van der Waals surface area contributed by atoms with E-state index in [2.05, 4.69) is 4.72 Å². The molecule has 0 fully saturated rings. The standard InChI is InChI=1S/C15H24N2O4S/c1-11(2)17(13(4)18)9-8-16-22(19,20)15-10-12(3)6-7-14(15)21-5/h6-7,10-11,16H,8-9H2,1-5H3. The largest absolute Gasteiger partial charge is 0.495 e. The Kier molecular flexibility index (Phi) is 6.37. The second-order valence-electron chi connectivity index (χ2n) is 5.36. The number of benzene rings is 1. The average molecular weight is 328 g/mol. The van der Waals surface area contributed by atoms with Gasteiger partial charge in [0.25, 0.3) is 0 Å². The molecule has 0 aliphatic carbocycles. The predicted molar refractivity (Wildman–Crippen MR) is 85.4 cm³/mol. The number of hydrogen-bond donors (Lipinski definition) is 1. The normalized spacial score (nSPS) is 11.5. The number of sulfonamides is 1. The van der Waals surface area contributed by atoms with Crippen LogP contribution in [0.2, 0.25) is 0 Å². The van der Waals surface area contributed by atoms with Gasteiger partial charge in [0.15, 0.2) is 0 Å². The third-order valence-corrected chi connectivity index (χ3v) is 4.76. The molecule has 0 unspecified atom stereocenters. The second-order valence-corrected chi connectivity index (χ2v) is 7.09. The molecule has 0 aromatic heterocycles. The van der Waals surface area contributed by atoms with Gasteiger partial charge in [-0.2, -0.15) is 0 Å². The molecule has 0 saturated carbocycles. The molecule has 0 radical (unpaired) electrons. The number of carbonyl (C=O) groups excluding carboxylic acids is 1. The van der Waals surface area contributed by atoms with Crippen molar-refractivity contribution in [2.45, 2.75) is 38.6 Å². The molecule has 0 bridgehead atoms. The number of nitrogens with zero attached hydrogens (tertiary/aromatic N) is 1. The fraction of sp³-hybridized carbons (Fsp3) is 0.533. The van der Waals surface area contributed by atoms with Crippen LogP contribution in [-0.2, 0) is 14.8 Å². The Morgan fingerprint density at radius 3 is 2.50 bits per heavy atom. The first-order valence-corrected chi connectivity index (χ1v) is 8.59. The van der Waals surface area contributed by atoms with Crippen molar-refractivity contribution in [3.05, 3.63) is 23.8 Å². The van der Waals surface area contributed by atoms with Gasteiger partial charge in [-0.05, 0) is 38.5 Å². The summed E-state index contributed by atoms with van der Waals surface area (Å²) in [7, 11) is -2.26. The molecule has 1 rings (SSSR count). The number of amides is 1. The zero-order chi connectivity index (χ0) is 16.9. The van der Waals surface area contributed by atoms with Gasteiger partial charge >= 0.3 is 0 Å². The SMILES string of the molecule is COc1ccc(C)cc1S(=O)(=O)NCCN(C(C)=O)C(C)C. The van der Waals surface area contributed by atoms with Crippen molar-refractivity contribution in [1.29, 1.82) is 0 Å². The smallest absolute Gasteiger partial charge is 0.244 e. The summed E-state index contributed by atoms with van der Waals surface area (Å²) in [5.74, 6) is 0.215. The van der Waals surface area contributed by atoms with Gasteiger partial charge in [0.1, 0.15) is 10.6 Å². The molecule has 0 spiro atoms. The highest BCUT2D eigenvalue weighted by molar-refractivity contribution is 7.89. The molecule has 0 aliphatic rings. The number of carbonyl (C=O) groups is 1. The molecule has 7 heteroatoms. The number of methoxy groups -OCH3 is 1. The molecule has 1 aromatic carbocycles. The van der Waals surface area contributed by atoms with Crippen LogP contribution in [0.25, 0.3) is 0 Å². The number of aryl methyl sites for hydroxylation is 1. The molecule has 124 valence electrons. The zero-order valence-corrected chi connectivity index (χ0v) is 14.5. The lowest BCUT2D eigenvalue weighted by molar-refractivity contribution is -0.130. The topological polar surface area (TPSA) is 75.7 Å². The second kappa shape index (κ2) is 7.60. The number of hydrogen-bond acceptors (Lipinski definition) is 4. The van der Waals surface area contributed by atoms with Crippen LogP contribution in [0.5, 0.6) is 5.75 Å². The van der Waals surface area contributed by atoms with E-state index < -0.39 is 10.0 Å². The average Bonchev–Trinajstić information content (AvgIpc) is 2.42. The third-order valence-electron chi connectivity index (χ3n) is 3.28. The molecular formula is C15H24N2O4S. The van der Waals surface area contributed by atoms with E-state index in [0.29, 0.717) is 12.3 Å². The first kappa shape index (κ1) is 18.4. The van der Waals surface area contributed by atoms with Crippen LogP contribution >= 0.6 is 0 Å². The first-order valence-electron chi connectivity index (χ1n) is 7.10. The van der Waals surface area contributed by atoms with Crippen molar-refractivity contribution < 1.29 is 17.9 Å². The fourth-order valence-electron chi connectivity index (χ4n) is 2.15. The molecular weight excluding hydrogens is 304 g/mol. The van der Waals surface area contributed by atoms with Crippen LogP contribution in [0.4, 0.5) is 0 Å². The highest BCUT2D eigenvalue weighted by atomic mass is 32.2. The Morgan fingerprint density at radius 2 is 2.00 bits per heavy atom. The molecule has 1 amide bonds. The summed E-state index contributed by atoms with van der Waals surface area (Å²) < 4.78 is 32.4. The van der Waals surface area contributed by atoms with Crippen LogP contribution in [0, 0.1) is 6.92 Å². The highest BCUT2D eigenvalue weighted by Gasteiger charge is 2.20. The van der Waals surface area contributed by atoms with Gasteiger partial charge in [-0.3, -0.25) is 4.79 Å². The van der Waals surface area contributed by atoms with Gasteiger partial charge in [-0.15, -0.1) is 0 Å². The summed E-state index contributed by atoms with van der Waals surface area (Å²) in [6, 6.07) is 5.00. The van der Waals surface area contributed by atoms with Gasteiger partial charge in [0.2, 0.25) is 15.9 Å². The van der Waals surface area contributed by atoms with Crippen LogP contribution in [0.1, 0.15) is 26.3 Å². The van der Waals surface area contributed by atoms with Crippen molar-refractivity contribution >= 4 is 15.9 Å². The Morgan fingerprint density at radius 1 is 1.36 bits per heavy atom. The van der Waals surface area contributed by atoms with Gasteiger partial charge in [-0.25, -0.2) is 13.1 Å². The van der Waals surface area contributed by atoms with E-state index in [-0.39, 0.29) is 23.4 Å². The first-order chi connectivity index (χ1) is 10.2. The van der Waals surface area contributed by atoms with Gasteiger partial charge < -0.3 is 9.64 Å². The van der Waals surface area contributed by atoms with E-state index in [1.54, 1.807) is 23.1 Å². The van der Waals surface area contributed by atoms with E-state index in [9.17, 15) is 13.2 Å². The molecule has 1 aromatic rings. The minimum atomic E-state index is -3.69. The van der Waals surface area contributed by atoms with Gasteiger partial charge in [-0.1, -0.05) is 6.07 Å². The molecule has 0 saturated heterocycles. The molecule has 1 N–H and O–H groups in total. The lowest BCUT2D eigenvalue weighted by atomic mass is 10.2. The summed E-state index contributed by atoms with van der Waals surface area (Å²) in [6.45, 7) is 7.53. The maximum atomic E-state index is 12.4. The maximum absolute atomic E-state index is 12.4. The van der Waals surface area contributed by atoms with E-state index >= 15 is 0 Å². The maximum Gasteiger partial charge on any atom is 0.244 e. The van der Waals surface area contributed by atoms with E-state index in [1.165, 1.54) is 14.0 Å². The quantitative estimate of drug-likeness (QED) is 0.824. The molecule has 0 aliphatic heterocycles. The third kappa shape index (κ3) is 4.71. The lowest BCUT2D eigenvalue weighted by Crippen LogP contribution is -2.41. The van der Waals surface area contributed by atoms with Crippen LogP contribution in [0.15, 0.2) is 23.1 Å². The number of ether oxygens (including phenoxy) is 1. The van der Waals surface area contributed by atoms with Crippen molar-refractivity contribution in [2.24, 2.45) is 0 Å². The number of nitrogens with one attached hydrogen (secondary N) is 1. The van der Waals surface area contributed by atoms with Crippen molar-refractivity contribution in [3.8, 4) is 5.75 Å². The van der Waals surface area contributed by atoms with Gasteiger partial charge in [0.05, 0.1) is 7.11 Å². The van der Waals surface area contributed by atoms with E-state index in [0.717, 1.165) is 5.56 Å². The van der Waals surface area contributed by atoms with Crippen LogP contribution in [0.3, 0.4) is 0 Å². The number of rotatable bonds is 7. The molecule has 22 heavy (non-hydrogen) atoms. The monoisotopic (exact) mass is 328 g/mol. The summed E-state index contributed by atoms with van der Waals surface area (Å²) in [6.07, 6.45) is 0. The van der Waals surface area contributed by atoms with Crippen molar-refractivity contribution in [3.63, 3.8) is 0 Å². The van der Waals surface area contributed by atoms with E-state index in [1.807, 2.05) is 20.8 Å². The summed E-state index contributed by atoms with van der Waals surface area (Å²) in [4.78, 5) is 13.2. The Labute approximate surface area is 132 Å². The lowest BCUT2D eigenvalue weighted by Gasteiger charge is -2.25. The summed E-state index contributed by atoms with van der Waals surface area (Å²) in [5, 5.41) is 0.